The minimum atomic E-state index is -0.533. The number of hydrogen-bond donors (Lipinski definition) is 0. The number of aromatic nitrogens is 2. The fraction of sp³-hybridized carbons (Fsp3) is 0.105. The van der Waals surface area contributed by atoms with E-state index in [0.29, 0.717) is 16.3 Å². The zero-order valence-electron chi connectivity index (χ0n) is 13.3. The second kappa shape index (κ2) is 7.77. The highest BCUT2D eigenvalue weighted by Crippen LogP contribution is 2.24. The Balaban J connectivity index is 1.74. The van der Waals surface area contributed by atoms with Crippen molar-refractivity contribution in [2.24, 2.45) is 0 Å². The molecule has 6 heteroatoms. The van der Waals surface area contributed by atoms with Gasteiger partial charge in [-0.3, -0.25) is 9.59 Å². The molecule has 2 aromatic carbocycles. The number of rotatable bonds is 5. The molecular formula is C19H15ClN2O3. The van der Waals surface area contributed by atoms with Gasteiger partial charge in [0.15, 0.2) is 0 Å². The minimum absolute atomic E-state index is 0.151. The van der Waals surface area contributed by atoms with E-state index in [-0.39, 0.29) is 18.7 Å². The van der Waals surface area contributed by atoms with Crippen LogP contribution in [0.2, 0.25) is 5.02 Å². The van der Waals surface area contributed by atoms with Gasteiger partial charge in [-0.05, 0) is 17.7 Å². The lowest BCUT2D eigenvalue weighted by atomic mass is 10.1. The molecule has 0 atom stereocenters. The van der Waals surface area contributed by atoms with Crippen molar-refractivity contribution in [1.29, 1.82) is 0 Å². The van der Waals surface area contributed by atoms with Gasteiger partial charge in [0.1, 0.15) is 13.2 Å². The number of esters is 1. The maximum Gasteiger partial charge on any atom is 0.328 e. The number of ether oxygens (including phenoxy) is 1. The number of hydrogen-bond acceptors (Lipinski definition) is 4. The van der Waals surface area contributed by atoms with Crippen LogP contribution < -0.4 is 5.56 Å². The Morgan fingerprint density at radius 2 is 1.72 bits per heavy atom. The fourth-order valence-electron chi connectivity index (χ4n) is 2.28. The topological polar surface area (TPSA) is 61.2 Å². The molecule has 0 aliphatic heterocycles. The number of carbonyl (C=O) groups excluding carboxylic acids is 1. The van der Waals surface area contributed by atoms with Crippen LogP contribution in [0, 0.1) is 0 Å². The first-order chi connectivity index (χ1) is 12.1. The fourth-order valence-corrected chi connectivity index (χ4v) is 2.51. The van der Waals surface area contributed by atoms with Gasteiger partial charge in [0, 0.05) is 11.6 Å². The van der Waals surface area contributed by atoms with Crippen molar-refractivity contribution in [2.45, 2.75) is 13.2 Å². The SMILES string of the molecule is O=C(Cn1nc(-c2ccccc2Cl)ccc1=O)OCc1ccccc1. The first-order valence-electron chi connectivity index (χ1n) is 7.66. The van der Waals surface area contributed by atoms with Crippen LogP contribution in [0.15, 0.2) is 71.5 Å². The monoisotopic (exact) mass is 354 g/mol. The van der Waals surface area contributed by atoms with Gasteiger partial charge in [-0.2, -0.15) is 5.10 Å². The lowest BCUT2D eigenvalue weighted by Gasteiger charge is -2.08. The lowest BCUT2D eigenvalue weighted by molar-refractivity contribution is -0.146. The Morgan fingerprint density at radius 1 is 1.00 bits per heavy atom. The molecule has 1 heterocycles. The zero-order chi connectivity index (χ0) is 17.6. The van der Waals surface area contributed by atoms with E-state index in [2.05, 4.69) is 5.10 Å². The second-order valence-corrected chi connectivity index (χ2v) is 5.75. The molecule has 126 valence electrons. The third kappa shape index (κ3) is 4.33. The molecule has 25 heavy (non-hydrogen) atoms. The zero-order valence-corrected chi connectivity index (χ0v) is 14.0. The van der Waals surface area contributed by atoms with E-state index in [9.17, 15) is 9.59 Å². The summed E-state index contributed by atoms with van der Waals surface area (Å²) in [5, 5.41) is 4.74. The average Bonchev–Trinajstić information content (AvgIpc) is 2.63. The molecule has 0 bridgehead atoms. The van der Waals surface area contributed by atoms with Crippen molar-refractivity contribution in [2.75, 3.05) is 0 Å². The number of nitrogens with zero attached hydrogens (tertiary/aromatic N) is 2. The van der Waals surface area contributed by atoms with Crippen LogP contribution in [0.4, 0.5) is 0 Å². The first kappa shape index (κ1) is 16.9. The quantitative estimate of drug-likeness (QED) is 0.659. The molecule has 0 saturated carbocycles. The molecule has 0 unspecified atom stereocenters. The average molecular weight is 355 g/mol. The van der Waals surface area contributed by atoms with E-state index in [0.717, 1.165) is 10.2 Å². The molecular weight excluding hydrogens is 340 g/mol. The van der Waals surface area contributed by atoms with Crippen molar-refractivity contribution < 1.29 is 9.53 Å². The summed E-state index contributed by atoms with van der Waals surface area (Å²) in [5.74, 6) is -0.533. The summed E-state index contributed by atoms with van der Waals surface area (Å²) >= 11 is 6.16. The maximum atomic E-state index is 12.0. The van der Waals surface area contributed by atoms with Gasteiger partial charge in [-0.1, -0.05) is 60.1 Å². The van der Waals surface area contributed by atoms with Crippen molar-refractivity contribution >= 4 is 17.6 Å². The Hall–Kier alpha value is -2.92. The molecule has 0 fully saturated rings. The molecule has 0 N–H and O–H groups in total. The first-order valence-corrected chi connectivity index (χ1v) is 8.04. The molecule has 0 spiro atoms. The predicted molar refractivity (Wildman–Crippen MR) is 95.2 cm³/mol. The summed E-state index contributed by atoms with van der Waals surface area (Å²) in [6.45, 7) is -0.109. The van der Waals surface area contributed by atoms with Gasteiger partial charge < -0.3 is 4.74 Å². The predicted octanol–water partition coefficient (Wildman–Crippen LogP) is 3.31. The van der Waals surface area contributed by atoms with E-state index < -0.39 is 5.97 Å². The van der Waals surface area contributed by atoms with Crippen molar-refractivity contribution in [3.63, 3.8) is 0 Å². The van der Waals surface area contributed by atoms with Crippen LogP contribution in [0.3, 0.4) is 0 Å². The Kier molecular flexibility index (Phi) is 5.26. The molecule has 0 radical (unpaired) electrons. The van der Waals surface area contributed by atoms with E-state index in [4.69, 9.17) is 16.3 Å². The lowest BCUT2D eigenvalue weighted by Crippen LogP contribution is -2.27. The number of carbonyl (C=O) groups is 1. The Morgan fingerprint density at radius 3 is 2.48 bits per heavy atom. The van der Waals surface area contributed by atoms with Crippen LogP contribution in [0.25, 0.3) is 11.3 Å². The molecule has 3 rings (SSSR count). The van der Waals surface area contributed by atoms with Crippen LogP contribution in [0.5, 0.6) is 0 Å². The van der Waals surface area contributed by atoms with E-state index in [1.54, 1.807) is 18.2 Å². The molecule has 0 amide bonds. The summed E-state index contributed by atoms with van der Waals surface area (Å²) in [7, 11) is 0. The van der Waals surface area contributed by atoms with E-state index >= 15 is 0 Å². The van der Waals surface area contributed by atoms with Crippen LogP contribution in [0.1, 0.15) is 5.56 Å². The molecule has 3 aromatic rings. The highest BCUT2D eigenvalue weighted by atomic mass is 35.5. The van der Waals surface area contributed by atoms with Gasteiger partial charge in [-0.15, -0.1) is 0 Å². The van der Waals surface area contributed by atoms with Crippen LogP contribution >= 0.6 is 11.6 Å². The van der Waals surface area contributed by atoms with Crippen molar-refractivity contribution in [3.8, 4) is 11.3 Å². The van der Waals surface area contributed by atoms with Gasteiger partial charge in [0.25, 0.3) is 5.56 Å². The van der Waals surface area contributed by atoms with E-state index in [1.165, 1.54) is 6.07 Å². The number of halogens is 1. The minimum Gasteiger partial charge on any atom is -0.459 e. The normalized spacial score (nSPS) is 10.4. The Bertz CT molecular complexity index is 939. The molecule has 1 aromatic heterocycles. The smallest absolute Gasteiger partial charge is 0.328 e. The summed E-state index contributed by atoms with van der Waals surface area (Å²) in [6.07, 6.45) is 0. The highest BCUT2D eigenvalue weighted by Gasteiger charge is 2.10. The van der Waals surface area contributed by atoms with Gasteiger partial charge >= 0.3 is 5.97 Å². The third-order valence-electron chi connectivity index (χ3n) is 3.54. The van der Waals surface area contributed by atoms with Gasteiger partial charge in [0.2, 0.25) is 0 Å². The van der Waals surface area contributed by atoms with Crippen molar-refractivity contribution in [1.82, 2.24) is 9.78 Å². The standard InChI is InChI=1S/C19H15ClN2O3/c20-16-9-5-4-8-15(16)17-10-11-18(23)22(21-17)12-19(24)25-13-14-6-2-1-3-7-14/h1-11H,12-13H2. The van der Waals surface area contributed by atoms with Crippen LogP contribution in [-0.2, 0) is 22.7 Å². The van der Waals surface area contributed by atoms with Gasteiger partial charge in [-0.25, -0.2) is 4.68 Å². The molecule has 0 aliphatic carbocycles. The molecule has 0 saturated heterocycles. The van der Waals surface area contributed by atoms with Crippen LogP contribution in [-0.4, -0.2) is 15.7 Å². The summed E-state index contributed by atoms with van der Waals surface area (Å²) in [6, 6.07) is 19.4. The maximum absolute atomic E-state index is 12.0. The van der Waals surface area contributed by atoms with Gasteiger partial charge in [0.05, 0.1) is 10.7 Å². The molecule has 5 nitrogen and oxygen atoms in total. The highest BCUT2D eigenvalue weighted by molar-refractivity contribution is 6.33. The summed E-state index contributed by atoms with van der Waals surface area (Å²) < 4.78 is 6.27. The summed E-state index contributed by atoms with van der Waals surface area (Å²) in [4.78, 5) is 24.0. The third-order valence-corrected chi connectivity index (χ3v) is 3.87. The molecule has 0 aliphatic rings. The summed E-state index contributed by atoms with van der Waals surface area (Å²) in [5.41, 5.74) is 1.70. The Labute approximate surface area is 149 Å². The van der Waals surface area contributed by atoms with E-state index in [1.807, 2.05) is 42.5 Å². The second-order valence-electron chi connectivity index (χ2n) is 5.34. The number of benzene rings is 2. The van der Waals surface area contributed by atoms with Crippen molar-refractivity contribution in [3.05, 3.63) is 87.7 Å². The largest absolute Gasteiger partial charge is 0.459 e.